The van der Waals surface area contributed by atoms with Crippen molar-refractivity contribution in [1.29, 1.82) is 0 Å². The molecule has 8 heteroatoms. The fraction of sp³-hybridized carbons (Fsp3) is 0.500. The molecule has 0 fully saturated rings. The molecule has 0 amide bonds. The highest BCUT2D eigenvalue weighted by atomic mass is 15.5. The number of nitrogens with one attached hydrogen (secondary N) is 2. The van der Waals surface area contributed by atoms with Crippen LogP contribution in [0.2, 0.25) is 0 Å². The summed E-state index contributed by atoms with van der Waals surface area (Å²) < 4.78 is 1.72. The Morgan fingerprint density at radius 3 is 2.88 bits per heavy atom. The molecule has 86 valence electrons. The van der Waals surface area contributed by atoms with Crippen LogP contribution in [0.3, 0.4) is 0 Å². The van der Waals surface area contributed by atoms with E-state index in [0.29, 0.717) is 18.1 Å². The van der Waals surface area contributed by atoms with Crippen molar-refractivity contribution in [2.75, 3.05) is 11.1 Å². The molecule has 0 atom stereocenters. The third-order valence-electron chi connectivity index (χ3n) is 2.30. The predicted octanol–water partition coefficient (Wildman–Crippen LogP) is -0.310. The van der Waals surface area contributed by atoms with Crippen molar-refractivity contribution in [3.8, 4) is 0 Å². The minimum atomic E-state index is 0.462. The van der Waals surface area contributed by atoms with Gasteiger partial charge in [0.2, 0.25) is 0 Å². The normalized spacial score (nSPS) is 10.6. The Hall–Kier alpha value is -2.12. The molecule has 8 nitrogen and oxygen atoms in total. The van der Waals surface area contributed by atoms with E-state index in [0.717, 1.165) is 17.9 Å². The average Bonchev–Trinajstić information content (AvgIpc) is 2.86. The van der Waals surface area contributed by atoms with Crippen molar-refractivity contribution in [2.24, 2.45) is 7.05 Å². The first kappa shape index (κ1) is 10.4. The van der Waals surface area contributed by atoms with E-state index >= 15 is 0 Å². The van der Waals surface area contributed by atoms with Crippen molar-refractivity contribution in [3.63, 3.8) is 0 Å². The Bertz CT molecular complexity index is 457. The SMILES string of the molecule is CCc1nn(C)c(NCc2nn[nH]n2)c1N. The number of nitrogens with two attached hydrogens (primary N) is 1. The first-order valence-corrected chi connectivity index (χ1v) is 5.00. The van der Waals surface area contributed by atoms with Crippen LogP contribution in [0.1, 0.15) is 18.4 Å². The Morgan fingerprint density at radius 2 is 2.31 bits per heavy atom. The molecular weight excluding hydrogens is 208 g/mol. The number of anilines is 2. The molecule has 16 heavy (non-hydrogen) atoms. The standard InChI is InChI=1S/C8H14N8/c1-3-5-7(9)8(16(2)13-5)10-4-6-11-14-15-12-6/h10H,3-4,9H2,1-2H3,(H,11,12,14,15). The molecule has 4 N–H and O–H groups in total. The predicted molar refractivity (Wildman–Crippen MR) is 58.5 cm³/mol. The van der Waals surface area contributed by atoms with Gasteiger partial charge in [-0.25, -0.2) is 0 Å². The highest BCUT2D eigenvalue weighted by molar-refractivity contribution is 5.64. The van der Waals surface area contributed by atoms with E-state index in [9.17, 15) is 0 Å². The molecule has 2 heterocycles. The number of H-pyrrole nitrogens is 1. The summed E-state index contributed by atoms with van der Waals surface area (Å²) in [7, 11) is 1.84. The van der Waals surface area contributed by atoms with Crippen molar-refractivity contribution >= 4 is 11.5 Å². The molecule has 0 radical (unpaired) electrons. The highest BCUT2D eigenvalue weighted by Gasteiger charge is 2.11. The van der Waals surface area contributed by atoms with Gasteiger partial charge in [-0.3, -0.25) is 4.68 Å². The lowest BCUT2D eigenvalue weighted by molar-refractivity contribution is 0.745. The highest BCUT2D eigenvalue weighted by Crippen LogP contribution is 2.22. The number of aromatic nitrogens is 6. The molecule has 0 aliphatic carbocycles. The van der Waals surface area contributed by atoms with E-state index in [1.165, 1.54) is 0 Å². The molecular formula is C8H14N8. The fourth-order valence-corrected chi connectivity index (χ4v) is 1.49. The quantitative estimate of drug-likeness (QED) is 0.654. The van der Waals surface area contributed by atoms with Gasteiger partial charge < -0.3 is 11.1 Å². The summed E-state index contributed by atoms with van der Waals surface area (Å²) in [5.41, 5.74) is 7.51. The second-order valence-electron chi connectivity index (χ2n) is 3.37. The molecule has 0 spiro atoms. The zero-order valence-electron chi connectivity index (χ0n) is 9.23. The maximum Gasteiger partial charge on any atom is 0.193 e. The average molecular weight is 222 g/mol. The second-order valence-corrected chi connectivity index (χ2v) is 3.37. The van der Waals surface area contributed by atoms with Gasteiger partial charge in [0.05, 0.1) is 17.9 Å². The van der Waals surface area contributed by atoms with Gasteiger partial charge >= 0.3 is 0 Å². The van der Waals surface area contributed by atoms with Gasteiger partial charge in [-0.1, -0.05) is 12.1 Å². The fourth-order valence-electron chi connectivity index (χ4n) is 1.49. The van der Waals surface area contributed by atoms with Crippen molar-refractivity contribution in [1.82, 2.24) is 30.4 Å². The van der Waals surface area contributed by atoms with E-state index in [1.54, 1.807) is 4.68 Å². The third kappa shape index (κ3) is 1.81. The molecule has 2 rings (SSSR count). The summed E-state index contributed by atoms with van der Waals surface area (Å²) in [6.07, 6.45) is 0.809. The van der Waals surface area contributed by atoms with Crippen LogP contribution in [0.5, 0.6) is 0 Å². The van der Waals surface area contributed by atoms with E-state index in [-0.39, 0.29) is 0 Å². The number of aromatic amines is 1. The Morgan fingerprint density at radius 1 is 1.50 bits per heavy atom. The molecule has 2 aromatic rings. The summed E-state index contributed by atoms with van der Waals surface area (Å²) in [6, 6.07) is 0. The maximum atomic E-state index is 5.94. The monoisotopic (exact) mass is 222 g/mol. The van der Waals surface area contributed by atoms with Crippen LogP contribution in [0.4, 0.5) is 11.5 Å². The number of nitrogens with zero attached hydrogens (tertiary/aromatic N) is 5. The van der Waals surface area contributed by atoms with Gasteiger partial charge in [-0.05, 0) is 6.42 Å². The molecule has 0 aromatic carbocycles. The third-order valence-corrected chi connectivity index (χ3v) is 2.30. The number of hydrogen-bond donors (Lipinski definition) is 3. The summed E-state index contributed by atoms with van der Waals surface area (Å²) in [5.74, 6) is 1.36. The van der Waals surface area contributed by atoms with Gasteiger partial charge in [0, 0.05) is 7.05 Å². The molecule has 0 saturated heterocycles. The number of nitrogen functional groups attached to an aromatic ring is 1. The zero-order valence-corrected chi connectivity index (χ0v) is 9.23. The van der Waals surface area contributed by atoms with E-state index in [4.69, 9.17) is 5.73 Å². The van der Waals surface area contributed by atoms with Gasteiger partial charge in [0.1, 0.15) is 5.82 Å². The van der Waals surface area contributed by atoms with E-state index in [1.807, 2.05) is 14.0 Å². The Labute approximate surface area is 92.2 Å². The molecule has 0 saturated carbocycles. The largest absolute Gasteiger partial charge is 0.394 e. The lowest BCUT2D eigenvalue weighted by Gasteiger charge is -2.04. The van der Waals surface area contributed by atoms with Crippen LogP contribution >= 0.6 is 0 Å². The van der Waals surface area contributed by atoms with Crippen LogP contribution in [-0.2, 0) is 20.0 Å². The first-order chi connectivity index (χ1) is 7.72. The van der Waals surface area contributed by atoms with Gasteiger partial charge in [-0.2, -0.15) is 10.3 Å². The Balaban J connectivity index is 2.12. The van der Waals surface area contributed by atoms with Crippen molar-refractivity contribution in [3.05, 3.63) is 11.5 Å². The number of hydrogen-bond acceptors (Lipinski definition) is 6. The van der Waals surface area contributed by atoms with Gasteiger partial charge in [0.25, 0.3) is 0 Å². The summed E-state index contributed by atoms with van der Waals surface area (Å²) in [5, 5.41) is 21.0. The molecule has 2 aromatic heterocycles. The van der Waals surface area contributed by atoms with Crippen LogP contribution < -0.4 is 11.1 Å². The van der Waals surface area contributed by atoms with E-state index in [2.05, 4.69) is 31.0 Å². The molecule has 0 bridgehead atoms. The molecule has 0 aliphatic rings. The summed E-state index contributed by atoms with van der Waals surface area (Å²) in [6.45, 7) is 2.48. The van der Waals surface area contributed by atoms with Gasteiger partial charge in [0.15, 0.2) is 5.82 Å². The van der Waals surface area contributed by atoms with Crippen LogP contribution in [0.25, 0.3) is 0 Å². The van der Waals surface area contributed by atoms with Crippen molar-refractivity contribution < 1.29 is 0 Å². The minimum absolute atomic E-state index is 0.462. The summed E-state index contributed by atoms with van der Waals surface area (Å²) in [4.78, 5) is 0. The smallest absolute Gasteiger partial charge is 0.193 e. The minimum Gasteiger partial charge on any atom is -0.394 e. The Kier molecular flexibility index (Phi) is 2.71. The van der Waals surface area contributed by atoms with E-state index < -0.39 is 0 Å². The molecule has 0 unspecified atom stereocenters. The lowest BCUT2D eigenvalue weighted by Crippen LogP contribution is -2.07. The number of rotatable bonds is 4. The first-order valence-electron chi connectivity index (χ1n) is 5.00. The topological polar surface area (TPSA) is 110 Å². The lowest BCUT2D eigenvalue weighted by atomic mass is 10.3. The second kappa shape index (κ2) is 4.17. The zero-order chi connectivity index (χ0) is 11.5. The maximum absolute atomic E-state index is 5.94. The molecule has 0 aliphatic heterocycles. The number of aryl methyl sites for hydroxylation is 2. The van der Waals surface area contributed by atoms with Gasteiger partial charge in [-0.15, -0.1) is 10.2 Å². The summed E-state index contributed by atoms with van der Waals surface area (Å²) >= 11 is 0. The van der Waals surface area contributed by atoms with Crippen LogP contribution in [0, 0.1) is 0 Å². The number of tetrazole rings is 1. The van der Waals surface area contributed by atoms with Crippen LogP contribution in [0.15, 0.2) is 0 Å². The van der Waals surface area contributed by atoms with Crippen molar-refractivity contribution in [2.45, 2.75) is 19.9 Å². The van der Waals surface area contributed by atoms with Crippen LogP contribution in [-0.4, -0.2) is 30.4 Å².